The second kappa shape index (κ2) is 4.69. The molecule has 1 rings (SSSR count). The first kappa shape index (κ1) is 10.6. The molecule has 0 bridgehead atoms. The average molecular weight is 199 g/mol. The third kappa shape index (κ3) is 3.06. The monoisotopic (exact) mass is 199 g/mol. The molecule has 1 aromatic rings. The van der Waals surface area contributed by atoms with Crippen LogP contribution in [0.15, 0.2) is 0 Å². The quantitative estimate of drug-likeness (QED) is 0.766. The fraction of sp³-hybridized carbons (Fsp3) is 0.667. The summed E-state index contributed by atoms with van der Waals surface area (Å²) in [5.74, 6) is 0. The summed E-state index contributed by atoms with van der Waals surface area (Å²) in [6, 6.07) is 0.377. The van der Waals surface area contributed by atoms with E-state index in [1.165, 1.54) is 4.88 Å². The predicted octanol–water partition coefficient (Wildman–Crippen LogP) is 1.20. The van der Waals surface area contributed by atoms with Crippen LogP contribution < -0.4 is 11.1 Å². The van der Waals surface area contributed by atoms with Crippen LogP contribution >= 0.6 is 11.3 Å². The average Bonchev–Trinajstić information content (AvgIpc) is 2.41. The van der Waals surface area contributed by atoms with Crippen LogP contribution in [0.2, 0.25) is 0 Å². The first-order chi connectivity index (χ1) is 6.13. The Balaban J connectivity index is 2.49. The zero-order valence-corrected chi connectivity index (χ0v) is 9.24. The Hall–Kier alpha value is -0.450. The standard InChI is InChI=1S/C9H17N3S/c1-6(4-10)11-5-9-7(2)12-8(3)13-9/h6,11H,4-5,10H2,1-3H3/t6-/m0/s1. The van der Waals surface area contributed by atoms with E-state index in [0.29, 0.717) is 12.6 Å². The molecule has 0 unspecified atom stereocenters. The minimum absolute atomic E-state index is 0.377. The van der Waals surface area contributed by atoms with E-state index in [9.17, 15) is 0 Å². The van der Waals surface area contributed by atoms with Gasteiger partial charge in [-0.15, -0.1) is 11.3 Å². The van der Waals surface area contributed by atoms with Crippen LogP contribution in [0.4, 0.5) is 0 Å². The highest BCUT2D eigenvalue weighted by atomic mass is 32.1. The zero-order valence-electron chi connectivity index (χ0n) is 8.42. The van der Waals surface area contributed by atoms with E-state index in [4.69, 9.17) is 5.73 Å². The van der Waals surface area contributed by atoms with E-state index in [2.05, 4.69) is 17.2 Å². The number of aryl methyl sites for hydroxylation is 2. The third-order valence-electron chi connectivity index (χ3n) is 1.96. The summed E-state index contributed by atoms with van der Waals surface area (Å²) in [5.41, 5.74) is 6.64. The van der Waals surface area contributed by atoms with Crippen LogP contribution in [0, 0.1) is 13.8 Å². The Labute approximate surface area is 83.4 Å². The van der Waals surface area contributed by atoms with Gasteiger partial charge in [-0.25, -0.2) is 4.98 Å². The van der Waals surface area contributed by atoms with Crippen molar-refractivity contribution in [2.24, 2.45) is 5.73 Å². The number of rotatable bonds is 4. The van der Waals surface area contributed by atoms with Crippen molar-refractivity contribution < 1.29 is 0 Å². The van der Waals surface area contributed by atoms with Gasteiger partial charge in [-0.05, 0) is 20.8 Å². The van der Waals surface area contributed by atoms with Gasteiger partial charge in [0, 0.05) is 24.0 Å². The minimum Gasteiger partial charge on any atom is -0.329 e. The van der Waals surface area contributed by atoms with Gasteiger partial charge in [0.1, 0.15) is 0 Å². The number of thiazole rings is 1. The number of aromatic nitrogens is 1. The van der Waals surface area contributed by atoms with Crippen molar-refractivity contribution >= 4 is 11.3 Å². The summed E-state index contributed by atoms with van der Waals surface area (Å²) in [7, 11) is 0. The third-order valence-corrected chi connectivity index (χ3v) is 3.04. The van der Waals surface area contributed by atoms with Crippen LogP contribution in [0.5, 0.6) is 0 Å². The highest BCUT2D eigenvalue weighted by Gasteiger charge is 2.05. The Morgan fingerprint density at radius 1 is 1.54 bits per heavy atom. The Bertz CT molecular complexity index is 270. The van der Waals surface area contributed by atoms with E-state index >= 15 is 0 Å². The van der Waals surface area contributed by atoms with Crippen molar-refractivity contribution in [1.82, 2.24) is 10.3 Å². The Morgan fingerprint density at radius 2 is 2.23 bits per heavy atom. The van der Waals surface area contributed by atoms with E-state index in [1.807, 2.05) is 13.8 Å². The van der Waals surface area contributed by atoms with Crippen molar-refractivity contribution in [3.8, 4) is 0 Å². The highest BCUT2D eigenvalue weighted by Crippen LogP contribution is 2.16. The molecule has 0 aromatic carbocycles. The molecular formula is C9H17N3S. The lowest BCUT2D eigenvalue weighted by Gasteiger charge is -2.09. The molecule has 74 valence electrons. The van der Waals surface area contributed by atoms with Gasteiger partial charge in [0.2, 0.25) is 0 Å². The molecule has 4 heteroatoms. The molecule has 0 radical (unpaired) electrons. The lowest BCUT2D eigenvalue weighted by atomic mass is 10.3. The van der Waals surface area contributed by atoms with Crippen LogP contribution in [0.1, 0.15) is 22.5 Å². The highest BCUT2D eigenvalue weighted by molar-refractivity contribution is 7.11. The molecule has 1 aromatic heterocycles. The van der Waals surface area contributed by atoms with Crippen molar-refractivity contribution in [2.45, 2.75) is 33.4 Å². The van der Waals surface area contributed by atoms with Crippen LogP contribution in [-0.2, 0) is 6.54 Å². The maximum absolute atomic E-state index is 5.50. The zero-order chi connectivity index (χ0) is 9.84. The van der Waals surface area contributed by atoms with E-state index in [0.717, 1.165) is 17.2 Å². The van der Waals surface area contributed by atoms with Gasteiger partial charge in [0.05, 0.1) is 10.7 Å². The molecule has 0 amide bonds. The normalized spacial score (nSPS) is 13.2. The molecule has 0 fully saturated rings. The Kier molecular flexibility index (Phi) is 3.84. The fourth-order valence-corrected chi connectivity index (χ4v) is 1.98. The maximum Gasteiger partial charge on any atom is 0.0900 e. The topological polar surface area (TPSA) is 50.9 Å². The van der Waals surface area contributed by atoms with Crippen LogP contribution in [-0.4, -0.2) is 17.6 Å². The first-order valence-corrected chi connectivity index (χ1v) is 5.31. The Morgan fingerprint density at radius 3 is 2.69 bits per heavy atom. The van der Waals surface area contributed by atoms with Crippen molar-refractivity contribution in [1.29, 1.82) is 0 Å². The summed E-state index contributed by atoms with van der Waals surface area (Å²) >= 11 is 1.75. The van der Waals surface area contributed by atoms with E-state index < -0.39 is 0 Å². The second-order valence-electron chi connectivity index (χ2n) is 3.26. The van der Waals surface area contributed by atoms with Gasteiger partial charge >= 0.3 is 0 Å². The van der Waals surface area contributed by atoms with Crippen LogP contribution in [0.25, 0.3) is 0 Å². The molecule has 0 saturated heterocycles. The van der Waals surface area contributed by atoms with Crippen molar-refractivity contribution in [3.63, 3.8) is 0 Å². The lowest BCUT2D eigenvalue weighted by Crippen LogP contribution is -2.32. The van der Waals surface area contributed by atoms with Gasteiger partial charge in [-0.3, -0.25) is 0 Å². The molecule has 3 nitrogen and oxygen atoms in total. The van der Waals surface area contributed by atoms with E-state index in [-0.39, 0.29) is 0 Å². The van der Waals surface area contributed by atoms with Crippen molar-refractivity contribution in [2.75, 3.05) is 6.54 Å². The smallest absolute Gasteiger partial charge is 0.0900 e. The molecule has 0 aliphatic rings. The molecule has 0 aliphatic heterocycles. The second-order valence-corrected chi connectivity index (χ2v) is 4.55. The summed E-state index contributed by atoms with van der Waals surface area (Å²) in [6.45, 7) is 7.73. The molecule has 3 N–H and O–H groups in total. The van der Waals surface area contributed by atoms with Gasteiger partial charge in [0.15, 0.2) is 0 Å². The van der Waals surface area contributed by atoms with Gasteiger partial charge in [0.25, 0.3) is 0 Å². The molecule has 0 saturated carbocycles. The molecule has 1 atom stereocenters. The number of nitrogens with two attached hydrogens (primary N) is 1. The number of nitrogens with one attached hydrogen (secondary N) is 1. The number of nitrogens with zero attached hydrogens (tertiary/aromatic N) is 1. The summed E-state index contributed by atoms with van der Waals surface area (Å²) in [5, 5.41) is 4.48. The van der Waals surface area contributed by atoms with Crippen LogP contribution in [0.3, 0.4) is 0 Å². The number of hydrogen-bond donors (Lipinski definition) is 2. The van der Waals surface area contributed by atoms with Gasteiger partial charge < -0.3 is 11.1 Å². The lowest BCUT2D eigenvalue weighted by molar-refractivity contribution is 0.558. The molecule has 0 aliphatic carbocycles. The molecule has 1 heterocycles. The van der Waals surface area contributed by atoms with Crippen molar-refractivity contribution in [3.05, 3.63) is 15.6 Å². The number of hydrogen-bond acceptors (Lipinski definition) is 4. The predicted molar refractivity (Wildman–Crippen MR) is 56.9 cm³/mol. The van der Waals surface area contributed by atoms with E-state index in [1.54, 1.807) is 11.3 Å². The SMILES string of the molecule is Cc1nc(C)c(CN[C@@H](C)CN)s1. The van der Waals surface area contributed by atoms with Gasteiger partial charge in [-0.2, -0.15) is 0 Å². The molecule has 13 heavy (non-hydrogen) atoms. The minimum atomic E-state index is 0.377. The first-order valence-electron chi connectivity index (χ1n) is 4.50. The summed E-state index contributed by atoms with van der Waals surface area (Å²) in [6.07, 6.45) is 0. The largest absolute Gasteiger partial charge is 0.329 e. The van der Waals surface area contributed by atoms with Gasteiger partial charge in [-0.1, -0.05) is 0 Å². The summed E-state index contributed by atoms with van der Waals surface area (Å²) in [4.78, 5) is 5.68. The maximum atomic E-state index is 5.50. The fourth-order valence-electron chi connectivity index (χ4n) is 1.09. The summed E-state index contributed by atoms with van der Waals surface area (Å²) < 4.78 is 0. The molecular weight excluding hydrogens is 182 g/mol. The molecule has 0 spiro atoms.